The summed E-state index contributed by atoms with van der Waals surface area (Å²) in [5, 5.41) is 20.8. The number of hydrogen-bond donors (Lipinski definition) is 2. The zero-order valence-electron chi connectivity index (χ0n) is 12.2. The molecule has 9 nitrogen and oxygen atoms in total. The molecule has 1 unspecified atom stereocenters. The molecule has 2 N–H and O–H groups in total. The van der Waals surface area contributed by atoms with Crippen molar-refractivity contribution in [3.05, 3.63) is 18.5 Å². The van der Waals surface area contributed by atoms with Gasteiger partial charge in [0, 0.05) is 25.0 Å². The Labute approximate surface area is 122 Å². The number of tetrazole rings is 1. The van der Waals surface area contributed by atoms with Crippen molar-refractivity contribution in [3.63, 3.8) is 0 Å². The molecule has 9 heteroatoms. The maximum Gasteiger partial charge on any atom is 0.321 e. The number of nitrogens with one attached hydrogen (secondary N) is 2. The van der Waals surface area contributed by atoms with E-state index in [0.29, 0.717) is 19.0 Å². The van der Waals surface area contributed by atoms with Gasteiger partial charge in [-0.2, -0.15) is 5.10 Å². The van der Waals surface area contributed by atoms with Gasteiger partial charge in [-0.3, -0.25) is 10.00 Å². The Bertz CT molecular complexity index is 549. The van der Waals surface area contributed by atoms with Crippen molar-refractivity contribution in [1.29, 1.82) is 0 Å². The normalized spacial score (nSPS) is 12.1. The number of unbranched alkanes of at least 4 members (excludes halogenated alkanes) is 1. The van der Waals surface area contributed by atoms with E-state index in [-0.39, 0.29) is 12.1 Å². The summed E-state index contributed by atoms with van der Waals surface area (Å²) < 4.78 is 3.34. The van der Waals surface area contributed by atoms with Crippen LogP contribution in [0.3, 0.4) is 0 Å². The summed E-state index contributed by atoms with van der Waals surface area (Å²) >= 11 is 0. The van der Waals surface area contributed by atoms with Crippen LogP contribution in [0.25, 0.3) is 0 Å². The summed E-state index contributed by atoms with van der Waals surface area (Å²) in [5.74, 6) is 0.354. The molecule has 0 aliphatic carbocycles. The van der Waals surface area contributed by atoms with Gasteiger partial charge in [-0.15, -0.1) is 0 Å². The van der Waals surface area contributed by atoms with E-state index in [1.54, 1.807) is 15.6 Å². The fourth-order valence-electron chi connectivity index (χ4n) is 1.85. The molecule has 0 radical (unpaired) electrons. The molecular weight excluding hydrogens is 272 g/mol. The van der Waals surface area contributed by atoms with E-state index in [1.165, 1.54) is 0 Å². The second kappa shape index (κ2) is 7.36. The molecule has 0 aliphatic heterocycles. The van der Waals surface area contributed by atoms with Crippen molar-refractivity contribution in [2.45, 2.75) is 45.8 Å². The van der Waals surface area contributed by atoms with Crippen molar-refractivity contribution < 1.29 is 4.79 Å². The molecule has 21 heavy (non-hydrogen) atoms. The zero-order chi connectivity index (χ0) is 15.1. The number of carbonyl (C=O) groups excluding carboxylic acids is 1. The largest absolute Gasteiger partial charge is 0.333 e. The maximum atomic E-state index is 11.9. The van der Waals surface area contributed by atoms with Gasteiger partial charge in [-0.25, -0.2) is 9.48 Å². The fraction of sp³-hybridized carbons (Fsp3) is 0.583. The second-order valence-corrected chi connectivity index (χ2v) is 4.81. The second-order valence-electron chi connectivity index (χ2n) is 4.81. The number of amides is 2. The minimum absolute atomic E-state index is 0.0649. The monoisotopic (exact) mass is 292 g/mol. The predicted molar refractivity (Wildman–Crippen MR) is 76.6 cm³/mol. The van der Waals surface area contributed by atoms with Gasteiger partial charge in [0.1, 0.15) is 0 Å². The van der Waals surface area contributed by atoms with Gasteiger partial charge in [-0.1, -0.05) is 18.4 Å². The molecule has 0 saturated carbocycles. The number of aryl methyl sites for hydroxylation is 1. The van der Waals surface area contributed by atoms with Crippen LogP contribution in [0.1, 0.15) is 26.7 Å². The maximum absolute atomic E-state index is 11.9. The lowest BCUT2D eigenvalue weighted by Crippen LogP contribution is -2.39. The summed E-state index contributed by atoms with van der Waals surface area (Å²) in [5.41, 5.74) is 0. The molecule has 1 atom stereocenters. The van der Waals surface area contributed by atoms with Gasteiger partial charge in [0.05, 0.1) is 6.54 Å². The van der Waals surface area contributed by atoms with Crippen LogP contribution in [0.2, 0.25) is 0 Å². The van der Waals surface area contributed by atoms with Crippen molar-refractivity contribution in [2.75, 3.05) is 5.32 Å². The molecular formula is C12H20N8O. The first kappa shape index (κ1) is 14.9. The molecule has 2 rings (SSSR count). The smallest absolute Gasteiger partial charge is 0.321 e. The number of carbonyl (C=O) groups is 1. The third-order valence-corrected chi connectivity index (χ3v) is 2.88. The molecule has 114 valence electrons. The molecule has 2 aromatic rings. The van der Waals surface area contributed by atoms with Crippen LogP contribution >= 0.6 is 0 Å². The number of aromatic nitrogens is 6. The zero-order valence-corrected chi connectivity index (χ0v) is 12.2. The highest BCUT2D eigenvalue weighted by atomic mass is 16.2. The molecule has 2 heterocycles. The lowest BCUT2D eigenvalue weighted by Gasteiger charge is -2.14. The number of urea groups is 1. The van der Waals surface area contributed by atoms with Gasteiger partial charge >= 0.3 is 6.03 Å². The van der Waals surface area contributed by atoms with Gasteiger partial charge in [0.2, 0.25) is 0 Å². The van der Waals surface area contributed by atoms with Crippen LogP contribution in [0.4, 0.5) is 10.7 Å². The van der Waals surface area contributed by atoms with Crippen molar-refractivity contribution in [3.8, 4) is 0 Å². The molecule has 2 amide bonds. The first-order valence-corrected chi connectivity index (χ1v) is 7.00. The summed E-state index contributed by atoms with van der Waals surface area (Å²) in [6.07, 6.45) is 5.54. The number of rotatable bonds is 7. The van der Waals surface area contributed by atoms with Gasteiger partial charge in [0.15, 0.2) is 0 Å². The Balaban J connectivity index is 1.82. The highest BCUT2D eigenvalue weighted by Gasteiger charge is 2.12. The summed E-state index contributed by atoms with van der Waals surface area (Å²) in [6.45, 7) is 5.27. The van der Waals surface area contributed by atoms with E-state index in [4.69, 9.17) is 0 Å². The Morgan fingerprint density at radius 1 is 1.48 bits per heavy atom. The van der Waals surface area contributed by atoms with E-state index in [2.05, 4.69) is 38.2 Å². The predicted octanol–water partition coefficient (Wildman–Crippen LogP) is 0.880. The first-order chi connectivity index (χ1) is 10.2. The van der Waals surface area contributed by atoms with Crippen molar-refractivity contribution in [2.24, 2.45) is 0 Å². The molecule has 0 aromatic carbocycles. The van der Waals surface area contributed by atoms with Crippen molar-refractivity contribution in [1.82, 2.24) is 35.3 Å². The molecule has 2 aromatic heterocycles. The van der Waals surface area contributed by atoms with E-state index in [0.717, 1.165) is 12.8 Å². The van der Waals surface area contributed by atoms with Crippen LogP contribution in [0, 0.1) is 0 Å². The molecule has 0 bridgehead atoms. The van der Waals surface area contributed by atoms with Gasteiger partial charge in [0.25, 0.3) is 5.95 Å². The Kier molecular flexibility index (Phi) is 5.24. The van der Waals surface area contributed by atoms with Gasteiger partial charge in [-0.05, 0) is 29.8 Å². The number of nitrogens with zero attached hydrogens (tertiary/aromatic N) is 6. The highest BCUT2D eigenvalue weighted by molar-refractivity contribution is 5.87. The average molecular weight is 292 g/mol. The van der Waals surface area contributed by atoms with Crippen LogP contribution in [-0.4, -0.2) is 42.1 Å². The third-order valence-electron chi connectivity index (χ3n) is 2.88. The molecule has 0 aliphatic rings. The number of anilines is 1. The van der Waals surface area contributed by atoms with E-state index >= 15 is 0 Å². The summed E-state index contributed by atoms with van der Waals surface area (Å²) in [7, 11) is 0. The average Bonchev–Trinajstić information content (AvgIpc) is 3.08. The SMILES string of the molecule is CCCCn1nnnc1NC(=O)NC(C)Cn1cccn1. The van der Waals surface area contributed by atoms with Crippen LogP contribution in [0.15, 0.2) is 18.5 Å². The van der Waals surface area contributed by atoms with Crippen LogP contribution in [-0.2, 0) is 13.1 Å². The van der Waals surface area contributed by atoms with E-state index < -0.39 is 0 Å². The summed E-state index contributed by atoms with van der Waals surface area (Å²) in [6, 6.07) is 1.45. The summed E-state index contributed by atoms with van der Waals surface area (Å²) in [4.78, 5) is 11.9. The molecule has 0 fully saturated rings. The fourth-order valence-corrected chi connectivity index (χ4v) is 1.85. The lowest BCUT2D eigenvalue weighted by atomic mass is 10.3. The van der Waals surface area contributed by atoms with Crippen LogP contribution in [0.5, 0.6) is 0 Å². The quantitative estimate of drug-likeness (QED) is 0.788. The highest BCUT2D eigenvalue weighted by Crippen LogP contribution is 2.02. The first-order valence-electron chi connectivity index (χ1n) is 7.00. The number of hydrogen-bond acceptors (Lipinski definition) is 5. The molecule has 0 spiro atoms. The Hall–Kier alpha value is -2.45. The van der Waals surface area contributed by atoms with Crippen molar-refractivity contribution >= 4 is 12.0 Å². The molecule has 0 saturated heterocycles. The Morgan fingerprint density at radius 3 is 3.05 bits per heavy atom. The van der Waals surface area contributed by atoms with Crippen LogP contribution < -0.4 is 10.6 Å². The minimum atomic E-state index is -0.331. The van der Waals surface area contributed by atoms with E-state index in [9.17, 15) is 4.79 Å². The minimum Gasteiger partial charge on any atom is -0.333 e. The van der Waals surface area contributed by atoms with E-state index in [1.807, 2.05) is 19.2 Å². The Morgan fingerprint density at radius 2 is 2.33 bits per heavy atom. The standard InChI is InChI=1S/C12H20N8O/c1-3-4-8-20-11(16-17-18-20)15-12(21)14-10(2)9-19-7-5-6-13-19/h5-7,10H,3-4,8-9H2,1-2H3,(H2,14,15,16,18,21). The van der Waals surface area contributed by atoms with Gasteiger partial charge < -0.3 is 5.32 Å². The third kappa shape index (κ3) is 4.55. The lowest BCUT2D eigenvalue weighted by molar-refractivity contribution is 0.247. The topological polar surface area (TPSA) is 103 Å².